The van der Waals surface area contributed by atoms with Crippen molar-refractivity contribution >= 4 is 40.9 Å². The molecule has 0 aliphatic carbocycles. The molecule has 0 atom stereocenters. The van der Waals surface area contributed by atoms with Gasteiger partial charge in [0.2, 0.25) is 0 Å². The van der Waals surface area contributed by atoms with Crippen LogP contribution in [0.3, 0.4) is 0 Å². The van der Waals surface area contributed by atoms with Crippen LogP contribution >= 0.6 is 23.4 Å². The molecule has 0 radical (unpaired) electrons. The van der Waals surface area contributed by atoms with Crippen LogP contribution in [-0.4, -0.2) is 24.2 Å². The summed E-state index contributed by atoms with van der Waals surface area (Å²) in [7, 11) is 0. The van der Waals surface area contributed by atoms with E-state index in [4.69, 9.17) is 16.3 Å². The lowest BCUT2D eigenvalue weighted by atomic mass is 10.3. The van der Waals surface area contributed by atoms with Crippen LogP contribution < -0.4 is 5.32 Å². The molecule has 0 saturated carbocycles. The van der Waals surface area contributed by atoms with E-state index in [2.05, 4.69) is 5.32 Å². The SMILES string of the molecule is O=C(COC(=O)CCSc1ccccc1)Nc1cc(Cl)ccc1F. The van der Waals surface area contributed by atoms with E-state index < -0.39 is 24.3 Å². The van der Waals surface area contributed by atoms with E-state index >= 15 is 0 Å². The molecular formula is C17H15ClFNO3S. The Morgan fingerprint density at radius 2 is 1.92 bits per heavy atom. The molecule has 0 unspecified atom stereocenters. The number of hydrogen-bond acceptors (Lipinski definition) is 4. The number of anilines is 1. The third-order valence-electron chi connectivity index (χ3n) is 2.88. The summed E-state index contributed by atoms with van der Waals surface area (Å²) < 4.78 is 18.3. The number of rotatable bonds is 7. The first kappa shape index (κ1) is 18.3. The smallest absolute Gasteiger partial charge is 0.307 e. The molecule has 0 fully saturated rings. The van der Waals surface area contributed by atoms with Gasteiger partial charge in [0.1, 0.15) is 5.82 Å². The average molecular weight is 368 g/mol. The summed E-state index contributed by atoms with van der Waals surface area (Å²) in [6.45, 7) is -0.471. The van der Waals surface area contributed by atoms with E-state index in [0.717, 1.165) is 11.0 Å². The second-order valence-corrected chi connectivity index (χ2v) is 6.35. The number of ether oxygens (including phenoxy) is 1. The van der Waals surface area contributed by atoms with E-state index in [1.165, 1.54) is 23.9 Å². The maximum Gasteiger partial charge on any atom is 0.307 e. The minimum Gasteiger partial charge on any atom is -0.456 e. The zero-order chi connectivity index (χ0) is 17.4. The van der Waals surface area contributed by atoms with Gasteiger partial charge in [0.25, 0.3) is 5.91 Å². The van der Waals surface area contributed by atoms with Crippen LogP contribution in [0.15, 0.2) is 53.4 Å². The summed E-state index contributed by atoms with van der Waals surface area (Å²) in [6, 6.07) is 13.4. The quantitative estimate of drug-likeness (QED) is 0.590. The number of amides is 1. The number of thioether (sulfide) groups is 1. The highest BCUT2D eigenvalue weighted by Gasteiger charge is 2.11. The largest absolute Gasteiger partial charge is 0.456 e. The minimum absolute atomic E-state index is 0.0526. The molecule has 2 aromatic rings. The van der Waals surface area contributed by atoms with E-state index in [-0.39, 0.29) is 12.1 Å². The van der Waals surface area contributed by atoms with Crippen LogP contribution in [0.4, 0.5) is 10.1 Å². The molecule has 0 saturated heterocycles. The fraction of sp³-hybridized carbons (Fsp3) is 0.176. The van der Waals surface area contributed by atoms with Crippen LogP contribution in [0.1, 0.15) is 6.42 Å². The number of hydrogen-bond donors (Lipinski definition) is 1. The van der Waals surface area contributed by atoms with E-state index in [1.54, 1.807) is 0 Å². The first-order chi connectivity index (χ1) is 11.5. The molecule has 0 aromatic heterocycles. The molecule has 4 nitrogen and oxygen atoms in total. The summed E-state index contributed by atoms with van der Waals surface area (Å²) in [5.41, 5.74) is -0.0526. The Morgan fingerprint density at radius 1 is 1.17 bits per heavy atom. The molecular weight excluding hydrogens is 353 g/mol. The molecule has 0 spiro atoms. The van der Waals surface area contributed by atoms with Crippen molar-refractivity contribution in [2.45, 2.75) is 11.3 Å². The zero-order valence-corrected chi connectivity index (χ0v) is 14.2. The van der Waals surface area contributed by atoms with Crippen molar-refractivity contribution in [3.8, 4) is 0 Å². The second-order valence-electron chi connectivity index (χ2n) is 4.74. The summed E-state index contributed by atoms with van der Waals surface area (Å²) in [4.78, 5) is 24.3. The molecule has 126 valence electrons. The zero-order valence-electron chi connectivity index (χ0n) is 12.6. The molecule has 2 aromatic carbocycles. The fourth-order valence-electron chi connectivity index (χ4n) is 1.77. The highest BCUT2D eigenvalue weighted by atomic mass is 35.5. The molecule has 0 bridgehead atoms. The van der Waals surface area contributed by atoms with Gasteiger partial charge in [-0.3, -0.25) is 9.59 Å². The predicted molar refractivity (Wildman–Crippen MR) is 92.8 cm³/mol. The number of carbonyl (C=O) groups excluding carboxylic acids is 2. The number of nitrogens with one attached hydrogen (secondary N) is 1. The van der Waals surface area contributed by atoms with Crippen LogP contribution in [-0.2, 0) is 14.3 Å². The highest BCUT2D eigenvalue weighted by molar-refractivity contribution is 7.99. The van der Waals surface area contributed by atoms with E-state index in [9.17, 15) is 14.0 Å². The first-order valence-corrected chi connectivity index (χ1v) is 8.49. The summed E-state index contributed by atoms with van der Waals surface area (Å²) >= 11 is 7.25. The van der Waals surface area contributed by atoms with Gasteiger partial charge < -0.3 is 10.1 Å². The van der Waals surface area contributed by atoms with Crippen molar-refractivity contribution in [2.24, 2.45) is 0 Å². The van der Waals surface area contributed by atoms with Crippen molar-refractivity contribution in [3.63, 3.8) is 0 Å². The molecule has 2 rings (SSSR count). The lowest BCUT2D eigenvalue weighted by Crippen LogP contribution is -2.21. The molecule has 0 heterocycles. The van der Waals surface area contributed by atoms with Gasteiger partial charge in [0.15, 0.2) is 6.61 Å². The molecule has 1 N–H and O–H groups in total. The lowest BCUT2D eigenvalue weighted by molar-refractivity contribution is -0.146. The van der Waals surface area contributed by atoms with Gasteiger partial charge >= 0.3 is 5.97 Å². The Labute approximate surface area is 148 Å². The van der Waals surface area contributed by atoms with Gasteiger partial charge in [-0.1, -0.05) is 29.8 Å². The Balaban J connectivity index is 1.69. The third kappa shape index (κ3) is 6.22. The molecule has 0 aliphatic rings. The number of benzene rings is 2. The number of halogens is 2. The van der Waals surface area contributed by atoms with Crippen molar-refractivity contribution < 1.29 is 18.7 Å². The van der Waals surface area contributed by atoms with Crippen LogP contribution in [0.25, 0.3) is 0 Å². The average Bonchev–Trinajstić information content (AvgIpc) is 2.57. The standard InChI is InChI=1S/C17H15ClFNO3S/c18-12-6-7-14(19)15(10-12)20-16(21)11-23-17(22)8-9-24-13-4-2-1-3-5-13/h1-7,10H,8-9,11H2,(H,20,21). The predicted octanol–water partition coefficient (Wildman–Crippen LogP) is 4.14. The third-order valence-corrected chi connectivity index (χ3v) is 4.13. The Hall–Kier alpha value is -2.05. The first-order valence-electron chi connectivity index (χ1n) is 7.13. The van der Waals surface area contributed by atoms with Gasteiger partial charge in [-0.25, -0.2) is 4.39 Å². The van der Waals surface area contributed by atoms with Gasteiger partial charge in [0.05, 0.1) is 12.1 Å². The maximum absolute atomic E-state index is 13.5. The topological polar surface area (TPSA) is 55.4 Å². The van der Waals surface area contributed by atoms with Crippen molar-refractivity contribution in [2.75, 3.05) is 17.7 Å². The Kier molecular flexibility index (Phi) is 7.08. The number of esters is 1. The Bertz CT molecular complexity index is 712. The molecule has 7 heteroatoms. The van der Waals surface area contributed by atoms with Crippen LogP contribution in [0, 0.1) is 5.82 Å². The molecule has 24 heavy (non-hydrogen) atoms. The maximum atomic E-state index is 13.5. The van der Waals surface area contributed by atoms with E-state index in [1.807, 2.05) is 30.3 Å². The van der Waals surface area contributed by atoms with Gasteiger partial charge in [-0.2, -0.15) is 0 Å². The van der Waals surface area contributed by atoms with Crippen molar-refractivity contribution in [3.05, 3.63) is 59.4 Å². The summed E-state index contributed by atoms with van der Waals surface area (Å²) in [5.74, 6) is -1.17. The van der Waals surface area contributed by atoms with Crippen LogP contribution in [0.2, 0.25) is 5.02 Å². The molecule has 0 aliphatic heterocycles. The van der Waals surface area contributed by atoms with Crippen molar-refractivity contribution in [1.82, 2.24) is 0 Å². The highest BCUT2D eigenvalue weighted by Crippen LogP contribution is 2.20. The normalized spacial score (nSPS) is 10.2. The van der Waals surface area contributed by atoms with Crippen molar-refractivity contribution in [1.29, 1.82) is 0 Å². The van der Waals surface area contributed by atoms with Crippen LogP contribution in [0.5, 0.6) is 0 Å². The lowest BCUT2D eigenvalue weighted by Gasteiger charge is -2.08. The molecule has 1 amide bonds. The van der Waals surface area contributed by atoms with Gasteiger partial charge in [-0.15, -0.1) is 11.8 Å². The Morgan fingerprint density at radius 3 is 2.67 bits per heavy atom. The minimum atomic E-state index is -0.625. The summed E-state index contributed by atoms with van der Waals surface area (Å²) in [5, 5.41) is 2.60. The number of carbonyl (C=O) groups is 2. The van der Waals surface area contributed by atoms with E-state index in [0.29, 0.717) is 10.8 Å². The fourth-order valence-corrected chi connectivity index (χ4v) is 2.79. The van der Waals surface area contributed by atoms with Gasteiger partial charge in [-0.05, 0) is 30.3 Å². The van der Waals surface area contributed by atoms with Gasteiger partial charge in [0, 0.05) is 15.7 Å². The summed E-state index contributed by atoms with van der Waals surface area (Å²) in [6.07, 6.45) is 0.179. The monoisotopic (exact) mass is 367 g/mol. The second kappa shape index (κ2) is 9.30.